The Balaban J connectivity index is 2.22. The number of benzene rings is 1. The van der Waals surface area contributed by atoms with E-state index in [1.807, 2.05) is 36.2 Å². The largest absolute Gasteiger partial charge is 0.400 e. The van der Waals surface area contributed by atoms with Gasteiger partial charge in [-0.05, 0) is 37.3 Å². The number of aromatic nitrogens is 1. The summed E-state index contributed by atoms with van der Waals surface area (Å²) in [5.41, 5.74) is 9.36. The molecule has 27 heavy (non-hydrogen) atoms. The molecule has 0 atom stereocenters. The van der Waals surface area contributed by atoms with Crippen LogP contribution < -0.4 is 11.1 Å². The van der Waals surface area contributed by atoms with Gasteiger partial charge in [0.05, 0.1) is 5.02 Å². The summed E-state index contributed by atoms with van der Waals surface area (Å²) in [7, 11) is 0. The lowest BCUT2D eigenvalue weighted by molar-refractivity contribution is 0.468. The Hall–Kier alpha value is -2.17. The van der Waals surface area contributed by atoms with Gasteiger partial charge in [-0.15, -0.1) is 0 Å². The van der Waals surface area contributed by atoms with Crippen LogP contribution in [-0.4, -0.2) is 16.4 Å². The minimum absolute atomic E-state index is 0.115. The molecule has 0 saturated carbocycles. The highest BCUT2D eigenvalue weighted by Gasteiger charge is 2.16. The molecule has 1 heterocycles. The van der Waals surface area contributed by atoms with E-state index in [0.717, 1.165) is 29.2 Å². The molecule has 4 nitrogen and oxygen atoms in total. The molecule has 0 bridgehead atoms. The summed E-state index contributed by atoms with van der Waals surface area (Å²) in [4.78, 5) is 6.45. The molecule has 2 aromatic rings. The van der Waals surface area contributed by atoms with Crippen LogP contribution in [0.3, 0.4) is 0 Å². The molecule has 0 aliphatic carbocycles. The molecule has 1 aromatic carbocycles. The van der Waals surface area contributed by atoms with Gasteiger partial charge in [0, 0.05) is 52.0 Å². The fraction of sp³-hybridized carbons (Fsp3) is 0.286. The number of pyridine rings is 1. The second-order valence-electron chi connectivity index (χ2n) is 7.25. The van der Waals surface area contributed by atoms with Crippen LogP contribution in [0.1, 0.15) is 33.3 Å². The van der Waals surface area contributed by atoms with Crippen molar-refractivity contribution in [3.05, 3.63) is 70.6 Å². The van der Waals surface area contributed by atoms with E-state index < -0.39 is 0 Å². The van der Waals surface area contributed by atoms with E-state index in [1.165, 1.54) is 0 Å². The summed E-state index contributed by atoms with van der Waals surface area (Å²) in [6.45, 7) is 13.2. The van der Waals surface area contributed by atoms with Crippen molar-refractivity contribution < 1.29 is 0 Å². The third kappa shape index (κ3) is 5.65. The Morgan fingerprint density at radius 2 is 1.89 bits per heavy atom. The Kier molecular flexibility index (Phi) is 6.79. The average molecular weight is 405 g/mol. The van der Waals surface area contributed by atoms with Gasteiger partial charge >= 0.3 is 0 Å². The smallest absolute Gasteiger partial charge is 0.149 e. The fourth-order valence-electron chi connectivity index (χ4n) is 2.25. The van der Waals surface area contributed by atoms with Crippen molar-refractivity contribution in [2.75, 3.05) is 11.9 Å². The average Bonchev–Trinajstić information content (AvgIpc) is 2.61. The quantitative estimate of drug-likeness (QED) is 0.595. The Bertz CT molecular complexity index is 836. The predicted octanol–water partition coefficient (Wildman–Crippen LogP) is 6.27. The van der Waals surface area contributed by atoms with E-state index in [-0.39, 0.29) is 5.41 Å². The van der Waals surface area contributed by atoms with Crippen molar-refractivity contribution in [3.63, 3.8) is 0 Å². The molecule has 0 amide bonds. The number of hydrogen-bond acceptors (Lipinski definition) is 4. The number of nitrogens with one attached hydrogen (secondary N) is 1. The van der Waals surface area contributed by atoms with Crippen molar-refractivity contribution in [1.82, 2.24) is 9.88 Å². The number of nitrogens with two attached hydrogens (primary N) is 1. The predicted molar refractivity (Wildman–Crippen MR) is 117 cm³/mol. The molecule has 0 unspecified atom stereocenters. The second-order valence-corrected chi connectivity index (χ2v) is 8.10. The van der Waals surface area contributed by atoms with Crippen molar-refractivity contribution in [1.29, 1.82) is 0 Å². The van der Waals surface area contributed by atoms with Crippen LogP contribution in [0.25, 0.3) is 5.70 Å². The minimum atomic E-state index is -0.115. The molecule has 3 N–H and O–H groups in total. The van der Waals surface area contributed by atoms with Crippen molar-refractivity contribution in [3.8, 4) is 0 Å². The molecule has 6 heteroatoms. The van der Waals surface area contributed by atoms with Gasteiger partial charge in [0.2, 0.25) is 0 Å². The highest BCUT2D eigenvalue weighted by atomic mass is 35.5. The lowest BCUT2D eigenvalue weighted by Gasteiger charge is -2.26. The number of nitrogens with zero attached hydrogens (tertiary/aromatic N) is 2. The van der Waals surface area contributed by atoms with Gasteiger partial charge in [-0.25, -0.2) is 4.98 Å². The topological polar surface area (TPSA) is 54.2 Å². The highest BCUT2D eigenvalue weighted by molar-refractivity contribution is 6.33. The molecule has 2 rings (SSSR count). The third-order valence-corrected chi connectivity index (χ3v) is 4.67. The summed E-state index contributed by atoms with van der Waals surface area (Å²) in [5, 5.41) is 4.37. The lowest BCUT2D eigenvalue weighted by atomic mass is 9.93. The van der Waals surface area contributed by atoms with Crippen molar-refractivity contribution in [2.45, 2.75) is 27.7 Å². The first-order chi connectivity index (χ1) is 12.6. The standard InChI is InChI=1S/C21H26Cl2N4/c1-6-27(13-19(24)21(3,4)5)14(2)15-11-18(23)20(25-12-15)26-17-9-7-16(22)8-10-17/h7-13H,2,6,24H2,1,3-5H3,(H,25,26)/b19-13-. The van der Waals surface area contributed by atoms with Crippen LogP contribution in [0.5, 0.6) is 0 Å². The van der Waals surface area contributed by atoms with E-state index in [1.54, 1.807) is 18.3 Å². The van der Waals surface area contributed by atoms with Crippen molar-refractivity contribution >= 4 is 40.4 Å². The first-order valence-electron chi connectivity index (χ1n) is 8.73. The number of rotatable bonds is 6. The monoisotopic (exact) mass is 404 g/mol. The zero-order valence-electron chi connectivity index (χ0n) is 16.2. The van der Waals surface area contributed by atoms with E-state index in [9.17, 15) is 0 Å². The zero-order chi connectivity index (χ0) is 20.2. The maximum atomic E-state index is 6.43. The minimum Gasteiger partial charge on any atom is -0.400 e. The third-order valence-electron chi connectivity index (χ3n) is 4.13. The zero-order valence-corrected chi connectivity index (χ0v) is 17.7. The SMILES string of the molecule is C=C(c1cnc(Nc2ccc(Cl)cc2)c(Cl)c1)N(/C=C(\N)C(C)(C)C)CC. The van der Waals surface area contributed by atoms with E-state index in [2.05, 4.69) is 37.7 Å². The van der Waals surface area contributed by atoms with Crippen LogP contribution >= 0.6 is 23.2 Å². The van der Waals surface area contributed by atoms with Crippen LogP contribution in [0.15, 0.2) is 55.0 Å². The highest BCUT2D eigenvalue weighted by Crippen LogP contribution is 2.29. The molecule has 0 spiro atoms. The Labute approximate surface area is 171 Å². The van der Waals surface area contributed by atoms with Gasteiger partial charge in [-0.1, -0.05) is 50.6 Å². The van der Waals surface area contributed by atoms with Crippen LogP contribution in [-0.2, 0) is 0 Å². The summed E-state index contributed by atoms with van der Waals surface area (Å²) < 4.78 is 0. The number of halogens is 2. The maximum Gasteiger partial charge on any atom is 0.149 e. The van der Waals surface area contributed by atoms with E-state index in [4.69, 9.17) is 28.9 Å². The second kappa shape index (κ2) is 8.68. The number of hydrogen-bond donors (Lipinski definition) is 2. The fourth-order valence-corrected chi connectivity index (χ4v) is 2.58. The number of allylic oxidation sites excluding steroid dienone is 1. The van der Waals surface area contributed by atoms with Gasteiger partial charge in [0.1, 0.15) is 5.82 Å². The van der Waals surface area contributed by atoms with Gasteiger partial charge in [0.15, 0.2) is 0 Å². The first-order valence-corrected chi connectivity index (χ1v) is 9.49. The normalized spacial score (nSPS) is 12.0. The molecule has 0 radical (unpaired) electrons. The first kappa shape index (κ1) is 21.1. The van der Waals surface area contributed by atoms with Crippen molar-refractivity contribution in [2.24, 2.45) is 11.1 Å². The number of anilines is 2. The lowest BCUT2D eigenvalue weighted by Crippen LogP contribution is -2.23. The van der Waals surface area contributed by atoms with E-state index >= 15 is 0 Å². The van der Waals surface area contributed by atoms with Crippen LogP contribution in [0, 0.1) is 5.41 Å². The summed E-state index contributed by atoms with van der Waals surface area (Å²) in [6, 6.07) is 9.19. The molecule has 144 valence electrons. The molecule has 0 fully saturated rings. The molecular weight excluding hydrogens is 379 g/mol. The Morgan fingerprint density at radius 3 is 2.41 bits per heavy atom. The van der Waals surface area contributed by atoms with Gasteiger partial charge in [0.25, 0.3) is 0 Å². The summed E-state index contributed by atoms with van der Waals surface area (Å²) in [6.07, 6.45) is 3.67. The molecule has 0 aliphatic rings. The van der Waals surface area contributed by atoms with Gasteiger partial charge < -0.3 is 16.0 Å². The molecular formula is C21H26Cl2N4. The van der Waals surface area contributed by atoms with Crippen LogP contribution in [0.2, 0.25) is 10.0 Å². The summed E-state index contributed by atoms with van der Waals surface area (Å²) >= 11 is 12.3. The molecule has 0 aliphatic heterocycles. The van der Waals surface area contributed by atoms with Gasteiger partial charge in [-0.3, -0.25) is 0 Å². The van der Waals surface area contributed by atoms with E-state index in [0.29, 0.717) is 15.9 Å². The molecule has 1 aromatic heterocycles. The summed E-state index contributed by atoms with van der Waals surface area (Å²) in [5.74, 6) is 0.573. The van der Waals surface area contributed by atoms with Gasteiger partial charge in [-0.2, -0.15) is 0 Å². The van der Waals surface area contributed by atoms with Crippen LogP contribution in [0.4, 0.5) is 11.5 Å². The molecule has 0 saturated heterocycles. The Morgan fingerprint density at radius 1 is 1.26 bits per heavy atom. The maximum absolute atomic E-state index is 6.43.